The SMILES string of the molecule is Cc1ccc2[nH]c(C)c(CCNCc3ccccn3)c2c1.Cl.Cl. The molecule has 0 bridgehead atoms. The van der Waals surface area contributed by atoms with Gasteiger partial charge < -0.3 is 10.3 Å². The summed E-state index contributed by atoms with van der Waals surface area (Å²) in [6.07, 6.45) is 2.87. The van der Waals surface area contributed by atoms with Gasteiger partial charge in [0.15, 0.2) is 0 Å². The fourth-order valence-electron chi connectivity index (χ4n) is 2.75. The van der Waals surface area contributed by atoms with E-state index in [2.05, 4.69) is 47.3 Å². The molecule has 0 spiro atoms. The van der Waals surface area contributed by atoms with Crippen LogP contribution in [0.1, 0.15) is 22.5 Å². The molecule has 124 valence electrons. The number of hydrogen-bond donors (Lipinski definition) is 2. The Bertz CT molecular complexity index is 739. The molecule has 1 aromatic carbocycles. The van der Waals surface area contributed by atoms with Gasteiger partial charge >= 0.3 is 0 Å². The first kappa shape index (κ1) is 19.5. The molecule has 0 aliphatic carbocycles. The van der Waals surface area contributed by atoms with Crippen molar-refractivity contribution in [3.8, 4) is 0 Å². The number of nitrogens with one attached hydrogen (secondary N) is 2. The Hall–Kier alpha value is -1.55. The summed E-state index contributed by atoms with van der Waals surface area (Å²) < 4.78 is 0. The second-order valence-electron chi connectivity index (χ2n) is 5.53. The molecule has 23 heavy (non-hydrogen) atoms. The number of aryl methyl sites for hydroxylation is 2. The highest BCUT2D eigenvalue weighted by atomic mass is 35.5. The lowest BCUT2D eigenvalue weighted by Crippen LogP contribution is -2.17. The van der Waals surface area contributed by atoms with Crippen molar-refractivity contribution in [1.82, 2.24) is 15.3 Å². The van der Waals surface area contributed by atoms with Crippen LogP contribution in [-0.4, -0.2) is 16.5 Å². The highest BCUT2D eigenvalue weighted by Gasteiger charge is 2.08. The van der Waals surface area contributed by atoms with Crippen molar-refractivity contribution in [3.05, 3.63) is 65.1 Å². The second kappa shape index (κ2) is 8.92. The normalized spacial score (nSPS) is 10.2. The first-order chi connectivity index (χ1) is 10.2. The Kier molecular flexibility index (Phi) is 7.56. The highest BCUT2D eigenvalue weighted by Crippen LogP contribution is 2.23. The third kappa shape index (κ3) is 4.71. The molecule has 0 aliphatic rings. The van der Waals surface area contributed by atoms with Gasteiger partial charge in [-0.25, -0.2) is 0 Å². The zero-order valence-corrected chi connectivity index (χ0v) is 15.1. The number of benzene rings is 1. The number of H-pyrrole nitrogens is 1. The van der Waals surface area contributed by atoms with Gasteiger partial charge in [0.2, 0.25) is 0 Å². The van der Waals surface area contributed by atoms with Crippen LogP contribution < -0.4 is 5.32 Å². The van der Waals surface area contributed by atoms with Crippen molar-refractivity contribution in [3.63, 3.8) is 0 Å². The average molecular weight is 352 g/mol. The molecule has 0 aliphatic heterocycles. The molecule has 5 heteroatoms. The Balaban J connectivity index is 0.00000132. The molecular weight excluding hydrogens is 329 g/mol. The van der Waals surface area contributed by atoms with E-state index in [-0.39, 0.29) is 24.8 Å². The minimum atomic E-state index is 0. The summed E-state index contributed by atoms with van der Waals surface area (Å²) in [4.78, 5) is 7.80. The minimum absolute atomic E-state index is 0. The minimum Gasteiger partial charge on any atom is -0.358 e. The van der Waals surface area contributed by atoms with E-state index < -0.39 is 0 Å². The molecule has 0 amide bonds. The van der Waals surface area contributed by atoms with Gasteiger partial charge in [0.05, 0.1) is 5.69 Å². The molecule has 2 aromatic heterocycles. The van der Waals surface area contributed by atoms with Crippen LogP contribution in [0.5, 0.6) is 0 Å². The molecular formula is C18H23Cl2N3. The Morgan fingerprint density at radius 1 is 1.09 bits per heavy atom. The van der Waals surface area contributed by atoms with Crippen LogP contribution in [0.3, 0.4) is 0 Å². The Labute approximate surface area is 149 Å². The number of halogens is 2. The smallest absolute Gasteiger partial charge is 0.0541 e. The monoisotopic (exact) mass is 351 g/mol. The van der Waals surface area contributed by atoms with Gasteiger partial charge in [-0.3, -0.25) is 4.98 Å². The third-order valence-corrected chi connectivity index (χ3v) is 3.86. The predicted octanol–water partition coefficient (Wildman–Crippen LogP) is 4.36. The van der Waals surface area contributed by atoms with Gasteiger partial charge in [-0.15, -0.1) is 24.8 Å². The number of pyridine rings is 1. The molecule has 0 radical (unpaired) electrons. The van der Waals surface area contributed by atoms with Crippen molar-refractivity contribution in [2.75, 3.05) is 6.54 Å². The van der Waals surface area contributed by atoms with Gasteiger partial charge in [0.25, 0.3) is 0 Å². The average Bonchev–Trinajstić information content (AvgIpc) is 2.80. The molecule has 0 fully saturated rings. The molecule has 3 aromatic rings. The number of aromatic amines is 1. The number of aromatic nitrogens is 2. The lowest BCUT2D eigenvalue weighted by atomic mass is 10.1. The van der Waals surface area contributed by atoms with Gasteiger partial charge in [-0.05, 0) is 56.6 Å². The Morgan fingerprint density at radius 2 is 1.91 bits per heavy atom. The maximum atomic E-state index is 4.32. The maximum Gasteiger partial charge on any atom is 0.0541 e. The fraction of sp³-hybridized carbons (Fsp3) is 0.278. The van der Waals surface area contributed by atoms with Crippen molar-refractivity contribution < 1.29 is 0 Å². The van der Waals surface area contributed by atoms with E-state index in [1.807, 2.05) is 24.4 Å². The lowest BCUT2D eigenvalue weighted by molar-refractivity contribution is 0.675. The molecule has 0 atom stereocenters. The summed E-state index contributed by atoms with van der Waals surface area (Å²) >= 11 is 0. The van der Waals surface area contributed by atoms with E-state index in [4.69, 9.17) is 0 Å². The first-order valence-electron chi connectivity index (χ1n) is 7.42. The topological polar surface area (TPSA) is 40.7 Å². The van der Waals surface area contributed by atoms with Crippen LogP contribution in [0.2, 0.25) is 0 Å². The van der Waals surface area contributed by atoms with Crippen LogP contribution in [0.15, 0.2) is 42.6 Å². The van der Waals surface area contributed by atoms with Crippen LogP contribution in [0, 0.1) is 13.8 Å². The van der Waals surface area contributed by atoms with Crippen molar-refractivity contribution in [2.24, 2.45) is 0 Å². The summed E-state index contributed by atoms with van der Waals surface area (Å²) in [5.74, 6) is 0. The molecule has 0 saturated carbocycles. The third-order valence-electron chi connectivity index (χ3n) is 3.86. The van der Waals surface area contributed by atoms with Crippen LogP contribution in [-0.2, 0) is 13.0 Å². The van der Waals surface area contributed by atoms with Gasteiger partial charge in [-0.2, -0.15) is 0 Å². The standard InChI is InChI=1S/C18H21N3.2ClH/c1-13-6-7-18-17(11-13)16(14(2)21-18)8-10-19-12-15-5-3-4-9-20-15;;/h3-7,9,11,19,21H,8,10,12H2,1-2H3;2*1H. The molecule has 3 nitrogen and oxygen atoms in total. The molecule has 0 saturated heterocycles. The van der Waals surface area contributed by atoms with E-state index >= 15 is 0 Å². The van der Waals surface area contributed by atoms with Crippen LogP contribution >= 0.6 is 24.8 Å². The summed E-state index contributed by atoms with van der Waals surface area (Å²) in [5.41, 5.74) is 6.32. The largest absolute Gasteiger partial charge is 0.358 e. The number of nitrogens with zero attached hydrogens (tertiary/aromatic N) is 1. The zero-order chi connectivity index (χ0) is 14.7. The molecule has 2 N–H and O–H groups in total. The summed E-state index contributed by atoms with van der Waals surface area (Å²) in [6, 6.07) is 12.6. The highest BCUT2D eigenvalue weighted by molar-refractivity contribution is 5.86. The number of hydrogen-bond acceptors (Lipinski definition) is 2. The molecule has 3 rings (SSSR count). The van der Waals surface area contributed by atoms with E-state index in [9.17, 15) is 0 Å². The Morgan fingerprint density at radius 3 is 2.65 bits per heavy atom. The van der Waals surface area contributed by atoms with Gasteiger partial charge in [0.1, 0.15) is 0 Å². The van der Waals surface area contributed by atoms with Gasteiger partial charge in [-0.1, -0.05) is 17.7 Å². The summed E-state index contributed by atoms with van der Waals surface area (Å²) in [7, 11) is 0. The summed E-state index contributed by atoms with van der Waals surface area (Å²) in [5, 5.41) is 4.82. The quantitative estimate of drug-likeness (QED) is 0.670. The van der Waals surface area contributed by atoms with E-state index in [0.717, 1.165) is 25.2 Å². The van der Waals surface area contributed by atoms with Crippen molar-refractivity contribution in [2.45, 2.75) is 26.8 Å². The molecule has 2 heterocycles. The van der Waals surface area contributed by atoms with Gasteiger partial charge in [0, 0.05) is 29.3 Å². The van der Waals surface area contributed by atoms with Crippen molar-refractivity contribution in [1.29, 1.82) is 0 Å². The second-order valence-corrected chi connectivity index (χ2v) is 5.53. The van der Waals surface area contributed by atoms with E-state index in [1.165, 1.54) is 27.7 Å². The summed E-state index contributed by atoms with van der Waals surface area (Å²) in [6.45, 7) is 6.08. The zero-order valence-electron chi connectivity index (χ0n) is 13.4. The number of fused-ring (bicyclic) bond motifs is 1. The maximum absolute atomic E-state index is 4.32. The molecule has 0 unspecified atom stereocenters. The van der Waals surface area contributed by atoms with E-state index in [0.29, 0.717) is 0 Å². The lowest BCUT2D eigenvalue weighted by Gasteiger charge is -2.05. The predicted molar refractivity (Wildman–Crippen MR) is 102 cm³/mol. The van der Waals surface area contributed by atoms with E-state index in [1.54, 1.807) is 0 Å². The van der Waals surface area contributed by atoms with Crippen LogP contribution in [0.4, 0.5) is 0 Å². The van der Waals surface area contributed by atoms with Crippen molar-refractivity contribution >= 4 is 35.7 Å². The first-order valence-corrected chi connectivity index (χ1v) is 7.42. The fourth-order valence-corrected chi connectivity index (χ4v) is 2.75. The van der Waals surface area contributed by atoms with Crippen LogP contribution in [0.25, 0.3) is 10.9 Å². The number of rotatable bonds is 5.